The van der Waals surface area contributed by atoms with E-state index in [9.17, 15) is 4.79 Å². The molecule has 1 unspecified atom stereocenters. The molecular formula is C24H31N5O2. The van der Waals surface area contributed by atoms with Crippen LogP contribution in [-0.2, 0) is 24.3 Å². The van der Waals surface area contributed by atoms with Gasteiger partial charge in [-0.3, -0.25) is 9.69 Å². The largest absolute Gasteiger partial charge is 0.464 e. The third kappa shape index (κ3) is 5.22. The second-order valence-corrected chi connectivity index (χ2v) is 8.71. The Kier molecular flexibility index (Phi) is 6.51. The number of nitrogens with zero attached hydrogens (tertiary/aromatic N) is 4. The molecule has 4 rings (SSSR count). The quantitative estimate of drug-likeness (QED) is 0.628. The Hall–Kier alpha value is -2.93. The molecule has 0 bridgehead atoms. The van der Waals surface area contributed by atoms with Gasteiger partial charge >= 0.3 is 0 Å². The van der Waals surface area contributed by atoms with Crippen molar-refractivity contribution in [3.8, 4) is 11.3 Å². The van der Waals surface area contributed by atoms with Crippen LogP contribution in [0.1, 0.15) is 50.4 Å². The van der Waals surface area contributed by atoms with Gasteiger partial charge in [-0.1, -0.05) is 38.1 Å². The van der Waals surface area contributed by atoms with E-state index in [4.69, 9.17) is 4.42 Å². The number of benzene rings is 1. The van der Waals surface area contributed by atoms with E-state index in [0.29, 0.717) is 5.92 Å². The third-order valence-electron chi connectivity index (χ3n) is 5.71. The van der Waals surface area contributed by atoms with E-state index >= 15 is 0 Å². The first-order chi connectivity index (χ1) is 15.0. The highest BCUT2D eigenvalue weighted by Gasteiger charge is 2.25. The van der Waals surface area contributed by atoms with Crippen LogP contribution in [0.4, 0.5) is 0 Å². The van der Waals surface area contributed by atoms with Crippen molar-refractivity contribution in [2.75, 3.05) is 13.1 Å². The third-order valence-corrected chi connectivity index (χ3v) is 5.71. The minimum atomic E-state index is -0.0977. The molecule has 31 heavy (non-hydrogen) atoms. The molecule has 1 aliphatic heterocycles. The number of fused-ring (bicyclic) bond motifs is 1. The number of carbonyl (C=O) groups excluding carboxylic acids is 1. The maximum Gasteiger partial charge on any atom is 0.217 e. The predicted molar refractivity (Wildman–Crippen MR) is 119 cm³/mol. The number of aromatic nitrogens is 3. The maximum absolute atomic E-state index is 11.7. The zero-order valence-electron chi connectivity index (χ0n) is 18.5. The van der Waals surface area contributed by atoms with E-state index in [2.05, 4.69) is 63.1 Å². The smallest absolute Gasteiger partial charge is 0.217 e. The fourth-order valence-electron chi connectivity index (χ4n) is 4.23. The molecule has 0 saturated carbocycles. The van der Waals surface area contributed by atoms with E-state index in [0.717, 1.165) is 62.0 Å². The molecule has 7 heteroatoms. The van der Waals surface area contributed by atoms with Gasteiger partial charge in [0.1, 0.15) is 11.6 Å². The van der Waals surface area contributed by atoms with Gasteiger partial charge in [-0.15, -0.1) is 10.2 Å². The Labute approximate surface area is 183 Å². The van der Waals surface area contributed by atoms with Crippen LogP contribution in [0, 0.1) is 5.92 Å². The molecule has 0 aliphatic carbocycles. The minimum absolute atomic E-state index is 0.0313. The van der Waals surface area contributed by atoms with Crippen LogP contribution in [0.5, 0.6) is 0 Å². The Morgan fingerprint density at radius 1 is 1.13 bits per heavy atom. The maximum atomic E-state index is 11.7. The van der Waals surface area contributed by atoms with Crippen molar-refractivity contribution in [2.45, 2.75) is 52.7 Å². The molecule has 0 spiro atoms. The highest BCUT2D eigenvalue weighted by molar-refractivity contribution is 5.73. The first kappa shape index (κ1) is 21.3. The van der Waals surface area contributed by atoms with E-state index in [1.165, 1.54) is 5.56 Å². The van der Waals surface area contributed by atoms with Gasteiger partial charge in [0.25, 0.3) is 0 Å². The first-order valence-corrected chi connectivity index (χ1v) is 11.0. The summed E-state index contributed by atoms with van der Waals surface area (Å²) < 4.78 is 7.69. The second kappa shape index (κ2) is 9.47. The highest BCUT2D eigenvalue weighted by Crippen LogP contribution is 2.23. The lowest BCUT2D eigenvalue weighted by molar-refractivity contribution is -0.119. The van der Waals surface area contributed by atoms with Gasteiger partial charge in [-0.2, -0.15) is 0 Å². The Balaban J connectivity index is 1.43. The zero-order chi connectivity index (χ0) is 21.8. The summed E-state index contributed by atoms with van der Waals surface area (Å²) >= 11 is 0. The van der Waals surface area contributed by atoms with Crippen molar-refractivity contribution in [3.63, 3.8) is 0 Å². The molecule has 0 saturated heterocycles. The zero-order valence-corrected chi connectivity index (χ0v) is 18.5. The summed E-state index contributed by atoms with van der Waals surface area (Å²) in [7, 11) is 0. The average molecular weight is 422 g/mol. The molecule has 1 aliphatic rings. The molecule has 0 radical (unpaired) electrons. The van der Waals surface area contributed by atoms with E-state index in [1.807, 2.05) is 12.1 Å². The Morgan fingerprint density at radius 3 is 2.61 bits per heavy atom. The lowest BCUT2D eigenvalue weighted by Crippen LogP contribution is -2.31. The molecule has 2 aromatic heterocycles. The second-order valence-electron chi connectivity index (χ2n) is 8.71. The number of hydrogen-bond acceptors (Lipinski definition) is 5. The van der Waals surface area contributed by atoms with Crippen molar-refractivity contribution >= 4 is 5.91 Å². The molecule has 1 amide bonds. The van der Waals surface area contributed by atoms with Crippen LogP contribution < -0.4 is 5.32 Å². The van der Waals surface area contributed by atoms with Gasteiger partial charge in [0.15, 0.2) is 5.82 Å². The van der Waals surface area contributed by atoms with Crippen LogP contribution in [0.25, 0.3) is 11.3 Å². The van der Waals surface area contributed by atoms with Crippen LogP contribution >= 0.6 is 0 Å². The van der Waals surface area contributed by atoms with Gasteiger partial charge < -0.3 is 14.3 Å². The van der Waals surface area contributed by atoms with Crippen LogP contribution in [0.2, 0.25) is 0 Å². The Bertz CT molecular complexity index is 992. The predicted octanol–water partition coefficient (Wildman–Crippen LogP) is 3.82. The van der Waals surface area contributed by atoms with Crippen molar-refractivity contribution < 1.29 is 9.21 Å². The van der Waals surface area contributed by atoms with E-state index in [1.54, 1.807) is 13.2 Å². The van der Waals surface area contributed by atoms with Crippen molar-refractivity contribution in [1.29, 1.82) is 0 Å². The summed E-state index contributed by atoms with van der Waals surface area (Å²) in [6, 6.07) is 12.4. The van der Waals surface area contributed by atoms with Crippen LogP contribution in [0.15, 0.2) is 47.1 Å². The monoisotopic (exact) mass is 421 g/mol. The van der Waals surface area contributed by atoms with E-state index in [-0.39, 0.29) is 11.9 Å². The van der Waals surface area contributed by atoms with Crippen LogP contribution in [0.3, 0.4) is 0 Å². The number of carbonyl (C=O) groups is 1. The number of amides is 1. The van der Waals surface area contributed by atoms with Gasteiger partial charge in [-0.25, -0.2) is 0 Å². The number of nitrogens with one attached hydrogen (secondary N) is 1. The lowest BCUT2D eigenvalue weighted by Gasteiger charge is -2.22. The normalized spacial score (nSPS) is 15.5. The molecule has 7 nitrogen and oxygen atoms in total. The molecule has 3 aromatic rings. The van der Waals surface area contributed by atoms with Gasteiger partial charge in [0.2, 0.25) is 5.91 Å². The van der Waals surface area contributed by atoms with Crippen molar-refractivity contribution in [1.82, 2.24) is 25.0 Å². The number of furan rings is 1. The highest BCUT2D eigenvalue weighted by atomic mass is 16.3. The van der Waals surface area contributed by atoms with Gasteiger partial charge in [0.05, 0.1) is 12.3 Å². The molecule has 3 heterocycles. The first-order valence-electron chi connectivity index (χ1n) is 11.0. The molecule has 1 N–H and O–H groups in total. The minimum Gasteiger partial charge on any atom is -0.464 e. The number of rotatable bonds is 7. The molecule has 1 aromatic carbocycles. The molecule has 164 valence electrons. The summed E-state index contributed by atoms with van der Waals surface area (Å²) in [6.07, 6.45) is 3.40. The standard InChI is InChI=1S/C24H31N5O2/c1-17(2)15-21(25-18(3)30)24-27-26-23-10-11-28(12-13-29(23)24)16-19-6-8-20(9-7-19)22-5-4-14-31-22/h4-9,14,17,21H,10-13,15-16H2,1-3H3,(H,25,30). The molecule has 0 fully saturated rings. The van der Waals surface area contributed by atoms with Crippen molar-refractivity contribution in [3.05, 3.63) is 59.9 Å². The fourth-order valence-corrected chi connectivity index (χ4v) is 4.23. The summed E-state index contributed by atoms with van der Waals surface area (Å²) in [5.74, 6) is 3.20. The molecule has 1 atom stereocenters. The van der Waals surface area contributed by atoms with Gasteiger partial charge in [-0.05, 0) is 30.0 Å². The summed E-state index contributed by atoms with van der Waals surface area (Å²) in [5.41, 5.74) is 2.37. The topological polar surface area (TPSA) is 76.2 Å². The SMILES string of the molecule is CC(=O)NC(CC(C)C)c1nnc2n1CCN(Cc1ccc(-c3ccco3)cc1)CC2. The van der Waals surface area contributed by atoms with Crippen molar-refractivity contribution in [2.24, 2.45) is 5.92 Å². The molecular weight excluding hydrogens is 390 g/mol. The Morgan fingerprint density at radius 2 is 1.94 bits per heavy atom. The van der Waals surface area contributed by atoms with E-state index < -0.39 is 0 Å². The van der Waals surface area contributed by atoms with Crippen LogP contribution in [-0.4, -0.2) is 38.7 Å². The summed E-state index contributed by atoms with van der Waals surface area (Å²) in [6.45, 7) is 9.47. The summed E-state index contributed by atoms with van der Waals surface area (Å²) in [4.78, 5) is 14.2. The summed E-state index contributed by atoms with van der Waals surface area (Å²) in [5, 5.41) is 12.0. The lowest BCUT2D eigenvalue weighted by atomic mass is 10.0. The fraction of sp³-hybridized carbons (Fsp3) is 0.458. The van der Waals surface area contributed by atoms with Gasteiger partial charge in [0, 0.05) is 45.1 Å². The average Bonchev–Trinajstić information content (AvgIpc) is 3.36. The number of hydrogen-bond donors (Lipinski definition) is 1.